The minimum atomic E-state index is 0.525. The fraction of sp³-hybridized carbons (Fsp3) is 1.00. The molecule has 2 heteroatoms. The highest BCUT2D eigenvalue weighted by atomic mass is 16.5. The first-order valence-electron chi connectivity index (χ1n) is 6.02. The van der Waals surface area contributed by atoms with Crippen molar-refractivity contribution in [3.63, 3.8) is 0 Å². The molecular weight excluding hydrogens is 174 g/mol. The predicted molar refractivity (Wildman–Crippen MR) is 58.4 cm³/mol. The Bertz CT molecular complexity index is 185. The molecule has 1 saturated carbocycles. The quantitative estimate of drug-likeness (QED) is 0.733. The van der Waals surface area contributed by atoms with Gasteiger partial charge in [-0.05, 0) is 50.6 Å². The summed E-state index contributed by atoms with van der Waals surface area (Å²) in [6.45, 7) is 7.00. The molecule has 14 heavy (non-hydrogen) atoms. The lowest BCUT2D eigenvalue weighted by Gasteiger charge is -2.27. The zero-order chi connectivity index (χ0) is 10.0. The number of nitrogens with one attached hydrogen (secondary N) is 1. The van der Waals surface area contributed by atoms with E-state index >= 15 is 0 Å². The van der Waals surface area contributed by atoms with E-state index in [4.69, 9.17) is 4.74 Å². The molecule has 82 valence electrons. The van der Waals surface area contributed by atoms with Crippen LogP contribution < -0.4 is 5.32 Å². The van der Waals surface area contributed by atoms with Crippen LogP contribution in [0.15, 0.2) is 0 Å². The number of ether oxygens (including phenoxy) is 1. The molecule has 0 aromatic carbocycles. The Morgan fingerprint density at radius 3 is 2.36 bits per heavy atom. The Morgan fingerprint density at radius 1 is 1.07 bits per heavy atom. The van der Waals surface area contributed by atoms with E-state index in [-0.39, 0.29) is 0 Å². The minimum Gasteiger partial charge on any atom is -0.375 e. The van der Waals surface area contributed by atoms with E-state index in [0.717, 1.165) is 13.1 Å². The summed E-state index contributed by atoms with van der Waals surface area (Å²) in [7, 11) is 0. The summed E-state index contributed by atoms with van der Waals surface area (Å²) < 4.78 is 6.15. The van der Waals surface area contributed by atoms with E-state index < -0.39 is 0 Å². The van der Waals surface area contributed by atoms with Crippen LogP contribution in [0.1, 0.15) is 46.0 Å². The van der Waals surface area contributed by atoms with E-state index in [1.807, 2.05) is 0 Å². The topological polar surface area (TPSA) is 21.3 Å². The molecule has 1 aliphatic heterocycles. The Morgan fingerprint density at radius 2 is 1.79 bits per heavy atom. The maximum atomic E-state index is 6.15. The van der Waals surface area contributed by atoms with Gasteiger partial charge in [0.2, 0.25) is 0 Å². The molecule has 2 aliphatic rings. The minimum absolute atomic E-state index is 0.525. The molecule has 1 heterocycles. The highest BCUT2D eigenvalue weighted by Crippen LogP contribution is 2.39. The van der Waals surface area contributed by atoms with E-state index in [0.29, 0.717) is 17.6 Å². The summed E-state index contributed by atoms with van der Waals surface area (Å²) >= 11 is 0. The summed E-state index contributed by atoms with van der Waals surface area (Å²) in [6, 6.07) is 0. The summed E-state index contributed by atoms with van der Waals surface area (Å²) in [6.07, 6.45) is 7.37. The highest BCUT2D eigenvalue weighted by Gasteiger charge is 2.32. The van der Waals surface area contributed by atoms with Crippen LogP contribution in [0.25, 0.3) is 0 Å². The second-order valence-corrected chi connectivity index (χ2v) is 5.61. The first kappa shape index (κ1) is 10.4. The van der Waals surface area contributed by atoms with Gasteiger partial charge in [-0.1, -0.05) is 13.8 Å². The number of rotatable bonds is 2. The molecule has 1 aliphatic carbocycles. The number of hydrogen-bond acceptors (Lipinski definition) is 2. The molecule has 0 aromatic rings. The fourth-order valence-corrected chi connectivity index (χ4v) is 2.69. The largest absolute Gasteiger partial charge is 0.375 e. The van der Waals surface area contributed by atoms with Gasteiger partial charge in [-0.3, -0.25) is 0 Å². The Hall–Kier alpha value is -0.0800. The van der Waals surface area contributed by atoms with Crippen molar-refractivity contribution in [2.24, 2.45) is 5.41 Å². The zero-order valence-electron chi connectivity index (χ0n) is 9.51. The average Bonchev–Trinajstić information content (AvgIpc) is 2.47. The normalized spacial score (nSPS) is 33.4. The molecule has 1 N–H and O–H groups in total. The zero-order valence-corrected chi connectivity index (χ0v) is 9.51. The summed E-state index contributed by atoms with van der Waals surface area (Å²) in [4.78, 5) is 0. The molecule has 0 bridgehead atoms. The molecular formula is C12H23NO. The maximum Gasteiger partial charge on any atom is 0.0603 e. The van der Waals surface area contributed by atoms with Crippen molar-refractivity contribution in [1.82, 2.24) is 5.32 Å². The van der Waals surface area contributed by atoms with Crippen molar-refractivity contribution in [2.75, 3.05) is 13.1 Å². The molecule has 1 unspecified atom stereocenters. The van der Waals surface area contributed by atoms with Gasteiger partial charge in [-0.2, -0.15) is 0 Å². The van der Waals surface area contributed by atoms with Gasteiger partial charge in [0.15, 0.2) is 0 Å². The second kappa shape index (κ2) is 4.19. The van der Waals surface area contributed by atoms with Crippen molar-refractivity contribution >= 4 is 0 Å². The van der Waals surface area contributed by atoms with E-state index in [9.17, 15) is 0 Å². The van der Waals surface area contributed by atoms with Crippen LogP contribution in [0, 0.1) is 5.41 Å². The predicted octanol–water partition coefficient (Wildman–Crippen LogP) is 2.33. The van der Waals surface area contributed by atoms with Gasteiger partial charge >= 0.3 is 0 Å². The monoisotopic (exact) mass is 197 g/mol. The van der Waals surface area contributed by atoms with Crippen LogP contribution in [0.5, 0.6) is 0 Å². The lowest BCUT2D eigenvalue weighted by Crippen LogP contribution is -2.34. The fourth-order valence-electron chi connectivity index (χ4n) is 2.69. The van der Waals surface area contributed by atoms with Crippen LogP contribution >= 0.6 is 0 Å². The lowest BCUT2D eigenvalue weighted by atomic mass is 9.92. The summed E-state index contributed by atoms with van der Waals surface area (Å²) in [5, 5.41) is 3.38. The molecule has 1 saturated heterocycles. The lowest BCUT2D eigenvalue weighted by molar-refractivity contribution is -0.0264. The Kier molecular flexibility index (Phi) is 3.13. The van der Waals surface area contributed by atoms with Crippen LogP contribution in [0.3, 0.4) is 0 Å². The van der Waals surface area contributed by atoms with Crippen LogP contribution in [-0.2, 0) is 4.74 Å². The highest BCUT2D eigenvalue weighted by molar-refractivity contribution is 4.84. The second-order valence-electron chi connectivity index (χ2n) is 5.61. The molecule has 0 spiro atoms. The first-order valence-corrected chi connectivity index (χ1v) is 6.02. The van der Waals surface area contributed by atoms with Crippen molar-refractivity contribution in [3.8, 4) is 0 Å². The third-order valence-corrected chi connectivity index (χ3v) is 3.59. The maximum absolute atomic E-state index is 6.15. The molecule has 2 rings (SSSR count). The Labute approximate surface area is 87.4 Å². The van der Waals surface area contributed by atoms with Gasteiger partial charge in [-0.25, -0.2) is 0 Å². The van der Waals surface area contributed by atoms with Gasteiger partial charge in [0.05, 0.1) is 12.2 Å². The molecule has 0 amide bonds. The molecule has 0 radical (unpaired) electrons. The van der Waals surface area contributed by atoms with Gasteiger partial charge in [0.1, 0.15) is 0 Å². The van der Waals surface area contributed by atoms with Crippen LogP contribution in [0.2, 0.25) is 0 Å². The van der Waals surface area contributed by atoms with Crippen molar-refractivity contribution in [2.45, 2.75) is 58.2 Å². The van der Waals surface area contributed by atoms with Gasteiger partial charge in [-0.15, -0.1) is 0 Å². The van der Waals surface area contributed by atoms with Crippen LogP contribution in [-0.4, -0.2) is 25.3 Å². The smallest absolute Gasteiger partial charge is 0.0603 e. The molecule has 2 nitrogen and oxygen atoms in total. The SMILES string of the molecule is CC1(C)CCC(OC2CCNCC2)C1. The molecule has 0 aromatic heterocycles. The van der Waals surface area contributed by atoms with Gasteiger partial charge in [0, 0.05) is 0 Å². The van der Waals surface area contributed by atoms with E-state index in [2.05, 4.69) is 19.2 Å². The number of hydrogen-bond donors (Lipinski definition) is 1. The first-order chi connectivity index (χ1) is 6.66. The standard InChI is InChI=1S/C12H23NO/c1-12(2)6-3-11(9-12)14-10-4-7-13-8-5-10/h10-11,13H,3-9H2,1-2H3. The Balaban J connectivity index is 1.75. The van der Waals surface area contributed by atoms with Gasteiger partial charge < -0.3 is 10.1 Å². The number of piperidine rings is 1. The van der Waals surface area contributed by atoms with Crippen molar-refractivity contribution in [3.05, 3.63) is 0 Å². The van der Waals surface area contributed by atoms with E-state index in [1.54, 1.807) is 0 Å². The summed E-state index contributed by atoms with van der Waals surface area (Å²) in [5.41, 5.74) is 0.525. The average molecular weight is 197 g/mol. The van der Waals surface area contributed by atoms with E-state index in [1.165, 1.54) is 32.1 Å². The third-order valence-electron chi connectivity index (χ3n) is 3.59. The van der Waals surface area contributed by atoms with Crippen molar-refractivity contribution < 1.29 is 4.74 Å². The van der Waals surface area contributed by atoms with Crippen molar-refractivity contribution in [1.29, 1.82) is 0 Å². The molecule has 2 fully saturated rings. The third kappa shape index (κ3) is 2.71. The summed E-state index contributed by atoms with van der Waals surface area (Å²) in [5.74, 6) is 0. The molecule has 1 atom stereocenters. The van der Waals surface area contributed by atoms with Gasteiger partial charge in [0.25, 0.3) is 0 Å². The van der Waals surface area contributed by atoms with Crippen LogP contribution in [0.4, 0.5) is 0 Å².